The van der Waals surface area contributed by atoms with E-state index in [4.69, 9.17) is 18.8 Å². The average molecular weight is 1320 g/mol. The Morgan fingerprint density at radius 2 is 1.13 bits per heavy atom. The smallest absolute Gasteiger partial charge is 0.179 e. The number of aromatic nitrogens is 4. The van der Waals surface area contributed by atoms with Crippen molar-refractivity contribution < 1.29 is 51.8 Å². The van der Waals surface area contributed by atoms with E-state index in [1.165, 1.54) is 0 Å². The van der Waals surface area contributed by atoms with Crippen LogP contribution in [0.15, 0.2) is 242 Å². The monoisotopic (exact) mass is 1320 g/mol. The molecule has 0 spiro atoms. The van der Waals surface area contributed by atoms with Crippen LogP contribution in [0, 0.1) is 18.5 Å². The number of rotatable bonds is 11. The summed E-state index contributed by atoms with van der Waals surface area (Å²) in [5, 5.41) is -1.86. The minimum atomic E-state index is -6.24. The molecule has 85 heavy (non-hydrogen) atoms. The fourth-order valence-corrected chi connectivity index (χ4v) is 14.7. The predicted octanol–water partition coefficient (Wildman–Crippen LogP) is 17.0. The van der Waals surface area contributed by atoms with Gasteiger partial charge in [-0.25, -0.2) is 4.98 Å². The van der Waals surface area contributed by atoms with E-state index in [-0.39, 0.29) is 48.7 Å². The Kier molecular flexibility index (Phi) is 10.1. The molecule has 0 N–H and O–H groups in total. The van der Waals surface area contributed by atoms with Crippen molar-refractivity contribution >= 4 is 61.7 Å². The van der Waals surface area contributed by atoms with Gasteiger partial charge < -0.3 is 18.9 Å². The molecule has 3 heterocycles. The van der Waals surface area contributed by atoms with Crippen LogP contribution >= 0.6 is 0 Å². The van der Waals surface area contributed by atoms with Crippen molar-refractivity contribution in [2.75, 3.05) is 0 Å². The number of benzene rings is 10. The van der Waals surface area contributed by atoms with Gasteiger partial charge in [-0.3, -0.25) is 0 Å². The second-order valence-electron chi connectivity index (χ2n) is 23.8. The zero-order valence-electron chi connectivity index (χ0n) is 67.1. The summed E-state index contributed by atoms with van der Waals surface area (Å²) < 4.78 is 192. The number of pyridine rings is 1. The zero-order valence-corrected chi connectivity index (χ0v) is 51.4. The largest absolute Gasteiger partial charge is 0.510 e. The molecule has 0 unspecified atom stereocenters. The molecule has 0 aliphatic carbocycles. The van der Waals surface area contributed by atoms with Crippen molar-refractivity contribution in [3.8, 4) is 56.4 Å². The number of para-hydroxylation sites is 1. The molecule has 10 aromatic carbocycles. The van der Waals surface area contributed by atoms with Crippen molar-refractivity contribution in [3.05, 3.63) is 277 Å². The molecule has 0 radical (unpaired) electrons. The van der Waals surface area contributed by atoms with Crippen LogP contribution in [-0.4, -0.2) is 27.2 Å². The van der Waals surface area contributed by atoms with Crippen LogP contribution in [0.25, 0.3) is 77.7 Å². The van der Waals surface area contributed by atoms with Gasteiger partial charge >= 0.3 is 0 Å². The summed E-state index contributed by atoms with van der Waals surface area (Å²) in [5.41, 5.74) is 6.35. The Morgan fingerprint density at radius 1 is 0.494 bits per heavy atom. The topological polar surface area (TPSA) is 44.9 Å². The summed E-state index contributed by atoms with van der Waals surface area (Å²) >= 11 is 0. The van der Waals surface area contributed by atoms with Crippen LogP contribution in [0.1, 0.15) is 105 Å². The molecule has 0 saturated heterocycles. The van der Waals surface area contributed by atoms with Crippen molar-refractivity contribution in [1.29, 1.82) is 0 Å². The van der Waals surface area contributed by atoms with Gasteiger partial charge in [-0.2, -0.15) is 24.3 Å². The quantitative estimate of drug-likeness (QED) is 0.0736. The maximum Gasteiger partial charge on any atom is 0.179 e. The van der Waals surface area contributed by atoms with Crippen LogP contribution in [0.3, 0.4) is 0 Å². The molecular weight excluding hydrogens is 1230 g/mol. The summed E-state index contributed by atoms with van der Waals surface area (Å²) in [7, 11) is -6.24. The number of imidazole rings is 1. The van der Waals surface area contributed by atoms with Gasteiger partial charge in [-0.15, -0.1) is 29.3 Å². The first kappa shape index (κ1) is 38.3. The molecule has 0 aliphatic heterocycles. The Hall–Kier alpha value is -8.67. The van der Waals surface area contributed by atoms with Crippen LogP contribution < -0.4 is 25.5 Å². The minimum Gasteiger partial charge on any atom is -0.510 e. The van der Waals surface area contributed by atoms with Gasteiger partial charge in [0, 0.05) is 50.6 Å². The van der Waals surface area contributed by atoms with Crippen LogP contribution in [0.4, 0.5) is 0 Å². The Morgan fingerprint density at radius 3 is 1.81 bits per heavy atom. The summed E-state index contributed by atoms with van der Waals surface area (Å²) in [6.45, 7) is 18.9. The summed E-state index contributed by atoms with van der Waals surface area (Å²) in [6, 6.07) is 25.5. The fourth-order valence-electron chi connectivity index (χ4n) is 11.1. The van der Waals surface area contributed by atoms with Gasteiger partial charge in [0.15, 0.2) is 8.07 Å². The van der Waals surface area contributed by atoms with E-state index in [0.717, 1.165) is 44.1 Å². The molecule has 0 atom stereocenters. The summed E-state index contributed by atoms with van der Waals surface area (Å²) in [5.74, 6) is 1.26. The van der Waals surface area contributed by atoms with Crippen molar-refractivity contribution in [2.24, 2.45) is 0 Å². The van der Waals surface area contributed by atoms with E-state index in [2.05, 4.69) is 76.7 Å². The SMILES string of the molecule is [2H]c1c([2H])c([2H])c([Si](c2c([2H])c([2H])c([2H])c([2H])c2[2H])(c2c([2H])c([2H])c([2H])c([2H])c2[2H])c2c([2H])c([2H])c([2H])c(-c3cc(-c4c(-c5cccc(C(C)(C)C)c5)cccc4C(C)(C)C)c4n[c-]n(-c5[c-]c(Oc6[c-]c7c(cc6)c6ccccc6n7-c6cc(C(C)(C)C)ccn6)ccc5)c4c3)c2[2H])c([2H])c1[2H].[Pt]. The molecule has 7 heteroatoms. The van der Waals surface area contributed by atoms with Gasteiger partial charge in [-0.1, -0.05) is 261 Å². The number of hydrogen-bond donors (Lipinski definition) is 0. The zero-order chi connectivity index (χ0) is 74.5. The second-order valence-corrected chi connectivity index (χ2v) is 27.3. The first-order chi connectivity index (χ1) is 48.4. The first-order valence-corrected chi connectivity index (χ1v) is 29.6. The number of fused-ring (bicyclic) bond motifs is 4. The number of nitrogens with zero attached hydrogens (tertiary/aromatic N) is 4. The number of ether oxygens (including phenoxy) is 1. The number of hydrogen-bond acceptors (Lipinski definition) is 3. The molecule has 0 amide bonds. The normalized spacial score (nSPS) is 15.3. The van der Waals surface area contributed by atoms with Crippen molar-refractivity contribution in [3.63, 3.8) is 0 Å². The Labute approximate surface area is 542 Å². The third-order valence-corrected chi connectivity index (χ3v) is 19.3. The second kappa shape index (κ2) is 22.4. The van der Waals surface area contributed by atoms with E-state index in [9.17, 15) is 21.9 Å². The standard InChI is InChI=1S/C78H67N4OSi.Pt/c1-76(2,3)56-27-21-26-54(45-56)65-38-24-39-69(78(7,8)9)74(65)68-47-55(53-25-22-36-64(46-53)84(61-30-13-10-14-31-61,62-32-15-11-16-33-62)63-34-17-12-18-35-63)48-72-75(68)80-52-81(72)58-28-23-29-59(50-58)83-60-41-42-67-66-37-19-20-40-70(66)82(71(67)51-60)73-49-57(43-44-79-73)77(4,5)6;/h10-49H,1-9H3;/q-3;/i10D,11D,12D,13D,14D,15D,16D,17D,18D,22D,25D,30D,31D,32D,33D,34D,35D,36D,46D;. The molecule has 0 fully saturated rings. The average Bonchev–Trinajstić information content (AvgIpc) is 0.875. The fraction of sp³-hybridized carbons (Fsp3) is 0.154. The molecular formula is C78H67N4OPtSi-3. The van der Waals surface area contributed by atoms with Crippen LogP contribution in [-0.2, 0) is 37.3 Å². The molecule has 13 rings (SSSR count). The van der Waals surface area contributed by atoms with E-state index in [1.807, 2.05) is 99.6 Å². The van der Waals surface area contributed by atoms with Crippen LogP contribution in [0.2, 0.25) is 0 Å². The maximum absolute atomic E-state index is 10.9. The molecule has 0 saturated carbocycles. The molecule has 3 aromatic heterocycles. The third-order valence-electron chi connectivity index (χ3n) is 15.3. The van der Waals surface area contributed by atoms with Gasteiger partial charge in [0.25, 0.3) is 0 Å². The summed E-state index contributed by atoms with van der Waals surface area (Å²) in [4.78, 5) is 9.90. The van der Waals surface area contributed by atoms with E-state index in [1.54, 1.807) is 41.1 Å². The molecule has 13 aromatic rings. The predicted molar refractivity (Wildman–Crippen MR) is 352 cm³/mol. The molecule has 0 aliphatic rings. The molecule has 0 bridgehead atoms. The van der Waals surface area contributed by atoms with E-state index >= 15 is 0 Å². The molecule has 422 valence electrons. The third kappa shape index (κ3) is 10.5. The molecule has 5 nitrogen and oxygen atoms in total. The van der Waals surface area contributed by atoms with E-state index in [0.29, 0.717) is 39.4 Å². The van der Waals surface area contributed by atoms with Crippen molar-refractivity contribution in [1.82, 2.24) is 19.1 Å². The Balaban J connectivity index is 0.0000102. The van der Waals surface area contributed by atoms with Gasteiger partial charge in [0.05, 0.1) is 26.0 Å². The maximum atomic E-state index is 10.9. The van der Waals surface area contributed by atoms with E-state index < -0.39 is 155 Å². The van der Waals surface area contributed by atoms with Crippen molar-refractivity contribution in [2.45, 2.75) is 78.6 Å². The minimum absolute atomic E-state index is 0. The summed E-state index contributed by atoms with van der Waals surface area (Å²) in [6.07, 6.45) is 5.00. The Bertz CT molecular complexity index is 5520. The first-order valence-electron chi connectivity index (χ1n) is 37.1. The van der Waals surface area contributed by atoms with Gasteiger partial charge in [-0.05, 0) is 116 Å². The van der Waals surface area contributed by atoms with Gasteiger partial charge in [0.1, 0.15) is 5.82 Å². The van der Waals surface area contributed by atoms with Gasteiger partial charge in [0.2, 0.25) is 0 Å². The van der Waals surface area contributed by atoms with Crippen LogP contribution in [0.5, 0.6) is 11.5 Å².